The van der Waals surface area contributed by atoms with Gasteiger partial charge in [-0.3, -0.25) is 9.59 Å². The number of carbonyl (C=O) groups excluding carboxylic acids is 2. The first-order valence-corrected chi connectivity index (χ1v) is 12.7. The van der Waals surface area contributed by atoms with Crippen molar-refractivity contribution in [1.29, 1.82) is 0 Å². The van der Waals surface area contributed by atoms with Gasteiger partial charge in [0.2, 0.25) is 5.91 Å². The number of ether oxygens (including phenoxy) is 1. The van der Waals surface area contributed by atoms with E-state index in [9.17, 15) is 14.0 Å². The molecule has 0 spiro atoms. The van der Waals surface area contributed by atoms with Crippen LogP contribution in [0.25, 0.3) is 0 Å². The van der Waals surface area contributed by atoms with Gasteiger partial charge in [0.25, 0.3) is 5.91 Å². The SMILES string of the molecule is CCCCCCNC(=O)C1=C(C(=O)Nc2cc(OC3CCC(C)C3)c(Cl)cc2F)CCCC1. The fourth-order valence-corrected chi connectivity index (χ4v) is 4.82. The fraction of sp³-hybridized carbons (Fsp3) is 0.615. The Balaban J connectivity index is 1.70. The maximum atomic E-state index is 14.6. The van der Waals surface area contributed by atoms with Gasteiger partial charge in [0.05, 0.1) is 16.8 Å². The lowest BCUT2D eigenvalue weighted by atomic mass is 9.90. The van der Waals surface area contributed by atoms with E-state index in [4.69, 9.17) is 16.3 Å². The summed E-state index contributed by atoms with van der Waals surface area (Å²) < 4.78 is 20.6. The molecule has 1 fully saturated rings. The number of rotatable bonds is 10. The molecular formula is C26H36ClFN2O3. The number of unbranched alkanes of at least 4 members (excludes halogenated alkanes) is 3. The number of hydrogen-bond donors (Lipinski definition) is 2. The van der Waals surface area contributed by atoms with Crippen LogP contribution < -0.4 is 15.4 Å². The molecule has 182 valence electrons. The Bertz CT molecular complexity index is 887. The zero-order chi connectivity index (χ0) is 23.8. The van der Waals surface area contributed by atoms with E-state index >= 15 is 0 Å². The van der Waals surface area contributed by atoms with Crippen molar-refractivity contribution < 1.29 is 18.7 Å². The Morgan fingerprint density at radius 2 is 1.82 bits per heavy atom. The van der Waals surface area contributed by atoms with Crippen LogP contribution in [-0.2, 0) is 9.59 Å². The van der Waals surface area contributed by atoms with Gasteiger partial charge in [0.15, 0.2) is 0 Å². The minimum atomic E-state index is -0.626. The van der Waals surface area contributed by atoms with E-state index in [-0.39, 0.29) is 22.7 Å². The summed E-state index contributed by atoms with van der Waals surface area (Å²) in [7, 11) is 0. The third kappa shape index (κ3) is 7.20. The Kier molecular flexibility index (Phi) is 9.60. The maximum absolute atomic E-state index is 14.6. The summed E-state index contributed by atoms with van der Waals surface area (Å²) in [5.41, 5.74) is 0.969. The molecule has 0 heterocycles. The normalized spacial score (nSPS) is 20.6. The van der Waals surface area contributed by atoms with Crippen molar-refractivity contribution in [3.05, 3.63) is 34.1 Å². The van der Waals surface area contributed by atoms with E-state index in [1.165, 1.54) is 12.1 Å². The molecular weight excluding hydrogens is 443 g/mol. The van der Waals surface area contributed by atoms with Crippen molar-refractivity contribution in [2.75, 3.05) is 11.9 Å². The predicted octanol–water partition coefficient (Wildman–Crippen LogP) is 6.55. The molecule has 1 aromatic carbocycles. The summed E-state index contributed by atoms with van der Waals surface area (Å²) in [6.07, 6.45) is 10.0. The van der Waals surface area contributed by atoms with Gasteiger partial charge >= 0.3 is 0 Å². The molecule has 0 bridgehead atoms. The van der Waals surface area contributed by atoms with E-state index in [1.807, 2.05) is 0 Å². The minimum absolute atomic E-state index is 0.0165. The van der Waals surface area contributed by atoms with E-state index in [2.05, 4.69) is 24.5 Å². The summed E-state index contributed by atoms with van der Waals surface area (Å²) in [5, 5.41) is 5.79. The highest BCUT2D eigenvalue weighted by molar-refractivity contribution is 6.32. The van der Waals surface area contributed by atoms with Gasteiger partial charge in [-0.25, -0.2) is 4.39 Å². The lowest BCUT2D eigenvalue weighted by molar-refractivity contribution is -0.119. The highest BCUT2D eigenvalue weighted by atomic mass is 35.5. The Labute approximate surface area is 201 Å². The van der Waals surface area contributed by atoms with Crippen LogP contribution in [0, 0.1) is 11.7 Å². The van der Waals surface area contributed by atoms with Gasteiger partial charge in [-0.2, -0.15) is 0 Å². The van der Waals surface area contributed by atoms with E-state index in [1.54, 1.807) is 0 Å². The lowest BCUT2D eigenvalue weighted by Crippen LogP contribution is -2.30. The van der Waals surface area contributed by atoms with Crippen LogP contribution in [0.3, 0.4) is 0 Å². The topological polar surface area (TPSA) is 67.4 Å². The van der Waals surface area contributed by atoms with Crippen molar-refractivity contribution in [2.24, 2.45) is 5.92 Å². The Morgan fingerprint density at radius 3 is 2.48 bits per heavy atom. The first-order valence-electron chi connectivity index (χ1n) is 12.4. The molecule has 3 rings (SSSR count). The van der Waals surface area contributed by atoms with E-state index < -0.39 is 11.7 Å². The second-order valence-electron chi connectivity index (χ2n) is 9.36. The average Bonchev–Trinajstić information content (AvgIpc) is 3.21. The van der Waals surface area contributed by atoms with Crippen LogP contribution in [0.15, 0.2) is 23.3 Å². The van der Waals surface area contributed by atoms with Crippen LogP contribution in [0.2, 0.25) is 5.02 Å². The van der Waals surface area contributed by atoms with Gasteiger partial charge in [-0.1, -0.05) is 44.7 Å². The maximum Gasteiger partial charge on any atom is 0.252 e. The molecule has 2 unspecified atom stereocenters. The molecule has 0 radical (unpaired) electrons. The summed E-state index contributed by atoms with van der Waals surface area (Å²) >= 11 is 6.21. The number of nitrogens with one attached hydrogen (secondary N) is 2. The molecule has 2 N–H and O–H groups in total. The zero-order valence-corrected chi connectivity index (χ0v) is 20.5. The van der Waals surface area contributed by atoms with E-state index in [0.29, 0.717) is 42.2 Å². The Hall–Kier alpha value is -2.08. The van der Waals surface area contributed by atoms with Gasteiger partial charge in [0, 0.05) is 23.8 Å². The standard InChI is InChI=1S/C26H36ClFN2O3/c1-3-4-5-8-13-29-25(31)19-9-6-7-10-20(19)26(32)30-23-16-24(21(27)15-22(23)28)33-18-12-11-17(2)14-18/h15-18H,3-14H2,1-2H3,(H,29,31)(H,30,32). The van der Waals surface area contributed by atoms with Gasteiger partial charge in [0.1, 0.15) is 11.6 Å². The van der Waals surface area contributed by atoms with Gasteiger partial charge in [-0.05, 0) is 63.4 Å². The summed E-state index contributed by atoms with van der Waals surface area (Å²) in [4.78, 5) is 25.8. The van der Waals surface area contributed by atoms with Crippen molar-refractivity contribution in [3.8, 4) is 5.75 Å². The molecule has 33 heavy (non-hydrogen) atoms. The largest absolute Gasteiger partial charge is 0.489 e. The molecule has 5 nitrogen and oxygen atoms in total. The van der Waals surface area contributed by atoms with Crippen molar-refractivity contribution in [3.63, 3.8) is 0 Å². The van der Waals surface area contributed by atoms with Crippen LogP contribution >= 0.6 is 11.6 Å². The number of hydrogen-bond acceptors (Lipinski definition) is 3. The summed E-state index contributed by atoms with van der Waals surface area (Å²) in [6.45, 7) is 4.92. The van der Waals surface area contributed by atoms with Crippen molar-refractivity contribution >= 4 is 29.1 Å². The Morgan fingerprint density at radius 1 is 1.09 bits per heavy atom. The number of benzene rings is 1. The van der Waals surface area contributed by atoms with Gasteiger partial charge < -0.3 is 15.4 Å². The highest BCUT2D eigenvalue weighted by Gasteiger charge is 2.26. The van der Waals surface area contributed by atoms with Crippen LogP contribution in [0.5, 0.6) is 5.75 Å². The third-order valence-corrected chi connectivity index (χ3v) is 6.84. The van der Waals surface area contributed by atoms with Crippen LogP contribution in [0.4, 0.5) is 10.1 Å². The molecule has 1 saturated carbocycles. The van der Waals surface area contributed by atoms with Gasteiger partial charge in [-0.15, -0.1) is 0 Å². The minimum Gasteiger partial charge on any atom is -0.489 e. The molecule has 0 aromatic heterocycles. The first kappa shape index (κ1) is 25.5. The molecule has 2 amide bonds. The molecule has 2 aliphatic carbocycles. The average molecular weight is 479 g/mol. The molecule has 0 saturated heterocycles. The first-order chi connectivity index (χ1) is 15.9. The number of carbonyl (C=O) groups is 2. The second kappa shape index (κ2) is 12.4. The lowest BCUT2D eigenvalue weighted by Gasteiger charge is -2.20. The molecule has 2 atom stereocenters. The number of anilines is 1. The third-order valence-electron chi connectivity index (χ3n) is 6.54. The monoisotopic (exact) mass is 478 g/mol. The molecule has 0 aliphatic heterocycles. The fourth-order valence-electron chi connectivity index (χ4n) is 4.62. The predicted molar refractivity (Wildman–Crippen MR) is 130 cm³/mol. The zero-order valence-electron chi connectivity index (χ0n) is 19.8. The molecule has 2 aliphatic rings. The van der Waals surface area contributed by atoms with Crippen molar-refractivity contribution in [1.82, 2.24) is 5.32 Å². The van der Waals surface area contributed by atoms with Crippen molar-refractivity contribution in [2.45, 2.75) is 90.6 Å². The van der Waals surface area contributed by atoms with E-state index in [0.717, 1.165) is 57.8 Å². The molecule has 1 aromatic rings. The van der Waals surface area contributed by atoms with Crippen LogP contribution in [-0.4, -0.2) is 24.5 Å². The quantitative estimate of drug-likeness (QED) is 0.374. The summed E-state index contributed by atoms with van der Waals surface area (Å²) in [6, 6.07) is 2.62. The van der Waals surface area contributed by atoms with Crippen LogP contribution in [0.1, 0.15) is 84.5 Å². The second-order valence-corrected chi connectivity index (χ2v) is 9.76. The molecule has 7 heteroatoms. The smallest absolute Gasteiger partial charge is 0.252 e. The summed E-state index contributed by atoms with van der Waals surface area (Å²) in [5.74, 6) is -0.295. The highest BCUT2D eigenvalue weighted by Crippen LogP contribution is 2.36. The number of amides is 2. The number of halogens is 2.